The van der Waals surface area contributed by atoms with Gasteiger partial charge in [0.15, 0.2) is 0 Å². The van der Waals surface area contributed by atoms with E-state index in [-0.39, 0.29) is 5.82 Å². The van der Waals surface area contributed by atoms with Gasteiger partial charge < -0.3 is 10.6 Å². The Balaban J connectivity index is 2.14. The zero-order valence-corrected chi connectivity index (χ0v) is 8.42. The van der Waals surface area contributed by atoms with Crippen LogP contribution in [0.4, 0.5) is 14.5 Å². The van der Waals surface area contributed by atoms with E-state index >= 15 is 0 Å². The van der Waals surface area contributed by atoms with Crippen molar-refractivity contribution in [2.24, 2.45) is 5.73 Å². The molecule has 0 aromatic heterocycles. The number of benzene rings is 1. The SMILES string of the molecule is NC1(CF)CCN(c2cccc(F)c2)C1. The molecule has 1 aromatic rings. The monoisotopic (exact) mass is 212 g/mol. The standard InChI is InChI=1S/C11H14F2N2/c12-7-11(14)4-5-15(8-11)10-3-1-2-9(13)6-10/h1-3,6H,4-5,7-8,14H2. The van der Waals surface area contributed by atoms with E-state index in [2.05, 4.69) is 0 Å². The lowest BCUT2D eigenvalue weighted by atomic mass is 10.0. The number of nitrogens with two attached hydrogens (primary N) is 1. The van der Waals surface area contributed by atoms with Crippen molar-refractivity contribution >= 4 is 5.69 Å². The summed E-state index contributed by atoms with van der Waals surface area (Å²) in [7, 11) is 0. The average molecular weight is 212 g/mol. The minimum absolute atomic E-state index is 0.276. The van der Waals surface area contributed by atoms with Crippen LogP contribution in [0, 0.1) is 5.82 Å². The van der Waals surface area contributed by atoms with Gasteiger partial charge in [-0.05, 0) is 24.6 Å². The highest BCUT2D eigenvalue weighted by Crippen LogP contribution is 2.25. The van der Waals surface area contributed by atoms with E-state index in [4.69, 9.17) is 5.73 Å². The van der Waals surface area contributed by atoms with E-state index in [1.54, 1.807) is 6.07 Å². The van der Waals surface area contributed by atoms with Gasteiger partial charge in [0.2, 0.25) is 0 Å². The molecular weight excluding hydrogens is 198 g/mol. The van der Waals surface area contributed by atoms with Gasteiger partial charge in [-0.2, -0.15) is 0 Å². The smallest absolute Gasteiger partial charge is 0.125 e. The van der Waals surface area contributed by atoms with E-state index in [9.17, 15) is 8.78 Å². The van der Waals surface area contributed by atoms with Crippen molar-refractivity contribution in [3.8, 4) is 0 Å². The molecule has 15 heavy (non-hydrogen) atoms. The Morgan fingerprint density at radius 1 is 1.47 bits per heavy atom. The van der Waals surface area contributed by atoms with Crippen LogP contribution >= 0.6 is 0 Å². The molecule has 0 amide bonds. The van der Waals surface area contributed by atoms with Crippen LogP contribution in [0.2, 0.25) is 0 Å². The van der Waals surface area contributed by atoms with Gasteiger partial charge in [-0.25, -0.2) is 8.78 Å². The highest BCUT2D eigenvalue weighted by atomic mass is 19.1. The van der Waals surface area contributed by atoms with Crippen molar-refractivity contribution in [2.75, 3.05) is 24.7 Å². The van der Waals surface area contributed by atoms with Crippen molar-refractivity contribution in [3.05, 3.63) is 30.1 Å². The summed E-state index contributed by atoms with van der Waals surface area (Å²) in [6, 6.07) is 6.30. The van der Waals surface area contributed by atoms with Crippen LogP contribution in [0.5, 0.6) is 0 Å². The molecule has 0 aliphatic carbocycles. The maximum atomic E-state index is 13.0. The zero-order chi connectivity index (χ0) is 10.9. The van der Waals surface area contributed by atoms with E-state index in [0.29, 0.717) is 19.5 Å². The first kappa shape index (κ1) is 10.4. The Hall–Kier alpha value is -1.16. The van der Waals surface area contributed by atoms with Gasteiger partial charge in [0, 0.05) is 18.8 Å². The summed E-state index contributed by atoms with van der Waals surface area (Å²) in [6.07, 6.45) is 0.611. The Morgan fingerprint density at radius 2 is 2.27 bits per heavy atom. The quantitative estimate of drug-likeness (QED) is 0.808. The van der Waals surface area contributed by atoms with Crippen LogP contribution < -0.4 is 10.6 Å². The third-order valence-electron chi connectivity index (χ3n) is 2.82. The number of hydrogen-bond acceptors (Lipinski definition) is 2. The lowest BCUT2D eigenvalue weighted by molar-refractivity contribution is 0.330. The Kier molecular flexibility index (Phi) is 2.61. The minimum Gasteiger partial charge on any atom is -0.369 e. The lowest BCUT2D eigenvalue weighted by Gasteiger charge is -2.22. The summed E-state index contributed by atoms with van der Waals surface area (Å²) in [4.78, 5) is 1.92. The molecule has 2 rings (SSSR count). The van der Waals surface area contributed by atoms with Crippen LogP contribution in [0.3, 0.4) is 0 Å². The first-order chi connectivity index (χ1) is 7.13. The molecule has 1 aromatic carbocycles. The van der Waals surface area contributed by atoms with E-state index < -0.39 is 12.2 Å². The number of hydrogen-bond donors (Lipinski definition) is 1. The maximum Gasteiger partial charge on any atom is 0.125 e. The van der Waals surface area contributed by atoms with Crippen LogP contribution in [0.1, 0.15) is 6.42 Å². The summed E-state index contributed by atoms with van der Waals surface area (Å²) >= 11 is 0. The van der Waals surface area contributed by atoms with E-state index in [1.165, 1.54) is 12.1 Å². The fourth-order valence-corrected chi connectivity index (χ4v) is 1.90. The van der Waals surface area contributed by atoms with Gasteiger partial charge in [0.05, 0.1) is 5.54 Å². The third-order valence-corrected chi connectivity index (χ3v) is 2.82. The van der Waals surface area contributed by atoms with Crippen LogP contribution in [-0.4, -0.2) is 25.3 Å². The molecule has 1 unspecified atom stereocenters. The number of rotatable bonds is 2. The normalized spacial score (nSPS) is 25.9. The predicted molar refractivity (Wildman–Crippen MR) is 56.1 cm³/mol. The van der Waals surface area contributed by atoms with Gasteiger partial charge in [0.25, 0.3) is 0 Å². The summed E-state index contributed by atoms with van der Waals surface area (Å²) < 4.78 is 25.6. The van der Waals surface area contributed by atoms with Crippen molar-refractivity contribution in [3.63, 3.8) is 0 Å². The molecule has 4 heteroatoms. The largest absolute Gasteiger partial charge is 0.369 e. The topological polar surface area (TPSA) is 29.3 Å². The predicted octanol–water partition coefficient (Wildman–Crippen LogP) is 1.70. The Bertz CT molecular complexity index is 356. The van der Waals surface area contributed by atoms with Crippen molar-refractivity contribution in [2.45, 2.75) is 12.0 Å². The molecule has 2 nitrogen and oxygen atoms in total. The molecule has 2 N–H and O–H groups in total. The molecule has 0 spiro atoms. The first-order valence-electron chi connectivity index (χ1n) is 4.98. The fourth-order valence-electron chi connectivity index (χ4n) is 1.90. The second kappa shape index (κ2) is 3.77. The van der Waals surface area contributed by atoms with Crippen LogP contribution in [-0.2, 0) is 0 Å². The van der Waals surface area contributed by atoms with Crippen LogP contribution in [0.15, 0.2) is 24.3 Å². The van der Waals surface area contributed by atoms with E-state index in [1.807, 2.05) is 11.0 Å². The number of alkyl halides is 1. The molecule has 1 heterocycles. The number of halogens is 2. The fraction of sp³-hybridized carbons (Fsp3) is 0.455. The van der Waals surface area contributed by atoms with Gasteiger partial charge in [-0.1, -0.05) is 6.07 Å². The van der Waals surface area contributed by atoms with Gasteiger partial charge >= 0.3 is 0 Å². The summed E-state index contributed by atoms with van der Waals surface area (Å²) in [5.41, 5.74) is 5.83. The van der Waals surface area contributed by atoms with Crippen molar-refractivity contribution in [1.29, 1.82) is 0 Å². The molecule has 82 valence electrons. The van der Waals surface area contributed by atoms with Gasteiger partial charge in [-0.15, -0.1) is 0 Å². The summed E-state index contributed by atoms with van der Waals surface area (Å²) in [5.74, 6) is -0.276. The second-order valence-corrected chi connectivity index (χ2v) is 4.15. The molecule has 1 atom stereocenters. The van der Waals surface area contributed by atoms with E-state index in [0.717, 1.165) is 5.69 Å². The second-order valence-electron chi connectivity index (χ2n) is 4.15. The summed E-state index contributed by atoms with van der Waals surface area (Å²) in [5, 5.41) is 0. The molecule has 0 saturated carbocycles. The first-order valence-corrected chi connectivity index (χ1v) is 4.98. The van der Waals surface area contributed by atoms with Crippen molar-refractivity contribution in [1.82, 2.24) is 0 Å². The number of nitrogens with zero attached hydrogens (tertiary/aromatic N) is 1. The molecule has 1 fully saturated rings. The molecule has 1 saturated heterocycles. The molecule has 0 radical (unpaired) electrons. The van der Waals surface area contributed by atoms with Crippen LogP contribution in [0.25, 0.3) is 0 Å². The van der Waals surface area contributed by atoms with Crippen molar-refractivity contribution < 1.29 is 8.78 Å². The molecule has 1 aliphatic heterocycles. The Labute approximate surface area is 87.7 Å². The molecular formula is C11H14F2N2. The third kappa shape index (κ3) is 2.09. The molecule has 1 aliphatic rings. The maximum absolute atomic E-state index is 13.0. The van der Waals surface area contributed by atoms with Gasteiger partial charge in [-0.3, -0.25) is 0 Å². The average Bonchev–Trinajstić information content (AvgIpc) is 2.62. The molecule has 0 bridgehead atoms. The lowest BCUT2D eigenvalue weighted by Crippen LogP contribution is -2.44. The Morgan fingerprint density at radius 3 is 2.87 bits per heavy atom. The summed E-state index contributed by atoms with van der Waals surface area (Å²) in [6.45, 7) is 0.607. The van der Waals surface area contributed by atoms with Gasteiger partial charge in [0.1, 0.15) is 12.5 Å². The number of anilines is 1. The highest BCUT2D eigenvalue weighted by Gasteiger charge is 2.34. The minimum atomic E-state index is -0.758. The zero-order valence-electron chi connectivity index (χ0n) is 8.42. The highest BCUT2D eigenvalue weighted by molar-refractivity contribution is 5.48.